The Morgan fingerprint density at radius 2 is 1.77 bits per heavy atom. The molecule has 26 heavy (non-hydrogen) atoms. The van der Waals surface area contributed by atoms with Gasteiger partial charge in [-0.05, 0) is 31.2 Å². The van der Waals surface area contributed by atoms with E-state index < -0.39 is 0 Å². The molecule has 5 heteroatoms. The molecule has 4 nitrogen and oxygen atoms in total. The van der Waals surface area contributed by atoms with E-state index in [1.807, 2.05) is 49.4 Å². The number of hydrogen-bond acceptors (Lipinski definition) is 3. The summed E-state index contributed by atoms with van der Waals surface area (Å²) in [6.07, 6.45) is 0.369. The molecule has 1 unspecified atom stereocenters. The Balaban J connectivity index is 1.61. The molecule has 0 fully saturated rings. The van der Waals surface area contributed by atoms with Gasteiger partial charge in [-0.1, -0.05) is 46.3 Å². The molecule has 134 valence electrons. The van der Waals surface area contributed by atoms with E-state index in [4.69, 9.17) is 4.42 Å². The lowest BCUT2D eigenvalue weighted by atomic mass is 10.1. The lowest BCUT2D eigenvalue weighted by molar-refractivity contribution is -0.132. The topological polar surface area (TPSA) is 50.5 Å². The third-order valence-corrected chi connectivity index (χ3v) is 5.09. The third kappa shape index (κ3) is 4.05. The number of hydrogen-bond donors (Lipinski definition) is 0. The largest absolute Gasteiger partial charge is 0.459 e. The van der Waals surface area contributed by atoms with E-state index in [9.17, 15) is 9.59 Å². The molecule has 0 saturated carbocycles. The number of carbonyl (C=O) groups is 2. The molecular weight excluding hydrogens is 394 g/mol. The second kappa shape index (κ2) is 7.87. The van der Waals surface area contributed by atoms with Crippen LogP contribution >= 0.6 is 15.9 Å². The average Bonchev–Trinajstić information content (AvgIpc) is 3.09. The fourth-order valence-corrected chi connectivity index (χ4v) is 3.06. The average molecular weight is 414 g/mol. The van der Waals surface area contributed by atoms with E-state index in [1.54, 1.807) is 24.1 Å². The second-order valence-electron chi connectivity index (χ2n) is 6.30. The standard InChI is InChI=1S/C21H20BrNO3/c1-14(20-13-16-5-3-4-6-19(16)26-20)23(2)21(25)12-11-18(24)15-7-9-17(22)10-8-15/h3-10,13-14H,11-12H2,1-2H3. The number of para-hydroxylation sites is 1. The Bertz CT molecular complexity index is 897. The summed E-state index contributed by atoms with van der Waals surface area (Å²) in [6, 6.07) is 16.7. The molecule has 1 amide bonds. The van der Waals surface area contributed by atoms with E-state index in [1.165, 1.54) is 0 Å². The first-order valence-electron chi connectivity index (χ1n) is 8.48. The van der Waals surface area contributed by atoms with Crippen LogP contribution in [0.1, 0.15) is 41.9 Å². The number of Topliss-reactive ketones (excluding diaryl/α,β-unsaturated/α-hetero) is 1. The van der Waals surface area contributed by atoms with E-state index in [0.29, 0.717) is 5.56 Å². The van der Waals surface area contributed by atoms with Crippen LogP contribution < -0.4 is 0 Å². The van der Waals surface area contributed by atoms with Gasteiger partial charge in [0.05, 0.1) is 6.04 Å². The van der Waals surface area contributed by atoms with Crippen LogP contribution in [0.4, 0.5) is 0 Å². The molecule has 1 heterocycles. The highest BCUT2D eigenvalue weighted by Crippen LogP contribution is 2.27. The molecule has 0 radical (unpaired) electrons. The van der Waals surface area contributed by atoms with Gasteiger partial charge in [-0.25, -0.2) is 0 Å². The number of halogens is 1. The summed E-state index contributed by atoms with van der Waals surface area (Å²) in [4.78, 5) is 26.4. The zero-order valence-electron chi connectivity index (χ0n) is 14.7. The highest BCUT2D eigenvalue weighted by molar-refractivity contribution is 9.10. The molecule has 2 aromatic carbocycles. The molecule has 1 aromatic heterocycles. The molecule has 0 spiro atoms. The van der Waals surface area contributed by atoms with E-state index in [0.717, 1.165) is 21.2 Å². The van der Waals surface area contributed by atoms with Crippen LogP contribution in [0.25, 0.3) is 11.0 Å². The van der Waals surface area contributed by atoms with Gasteiger partial charge < -0.3 is 9.32 Å². The first kappa shape index (κ1) is 18.4. The summed E-state index contributed by atoms with van der Waals surface area (Å²) < 4.78 is 6.76. The molecule has 0 saturated heterocycles. The Kier molecular flexibility index (Phi) is 5.57. The van der Waals surface area contributed by atoms with Gasteiger partial charge in [-0.3, -0.25) is 9.59 Å². The molecule has 0 N–H and O–H groups in total. The van der Waals surface area contributed by atoms with Gasteiger partial charge in [-0.15, -0.1) is 0 Å². The lowest BCUT2D eigenvalue weighted by Crippen LogP contribution is -2.29. The summed E-state index contributed by atoms with van der Waals surface area (Å²) in [5, 5.41) is 1.01. The first-order chi connectivity index (χ1) is 12.5. The summed E-state index contributed by atoms with van der Waals surface area (Å²) in [5.74, 6) is 0.625. The van der Waals surface area contributed by atoms with Crippen molar-refractivity contribution in [3.8, 4) is 0 Å². The quantitative estimate of drug-likeness (QED) is 0.509. The Labute approximate surface area is 160 Å². The van der Waals surface area contributed by atoms with E-state index >= 15 is 0 Å². The predicted octanol–water partition coefficient (Wildman–Crippen LogP) is 5.38. The van der Waals surface area contributed by atoms with E-state index in [2.05, 4.69) is 15.9 Å². The first-order valence-corrected chi connectivity index (χ1v) is 9.28. The van der Waals surface area contributed by atoms with Crippen molar-refractivity contribution in [2.75, 3.05) is 7.05 Å². The zero-order chi connectivity index (χ0) is 18.7. The van der Waals surface area contributed by atoms with Crippen molar-refractivity contribution in [2.45, 2.75) is 25.8 Å². The molecule has 0 aliphatic heterocycles. The van der Waals surface area contributed by atoms with Gasteiger partial charge in [0.15, 0.2) is 5.78 Å². The van der Waals surface area contributed by atoms with Gasteiger partial charge in [0.1, 0.15) is 11.3 Å². The van der Waals surface area contributed by atoms with Crippen molar-refractivity contribution in [1.29, 1.82) is 0 Å². The van der Waals surface area contributed by atoms with Crippen molar-refractivity contribution in [3.63, 3.8) is 0 Å². The Hall–Kier alpha value is -2.40. The SMILES string of the molecule is CC(c1cc2ccccc2o1)N(C)C(=O)CCC(=O)c1ccc(Br)cc1. The molecule has 0 aliphatic carbocycles. The van der Waals surface area contributed by atoms with Crippen molar-refractivity contribution >= 4 is 38.6 Å². The van der Waals surface area contributed by atoms with Gasteiger partial charge >= 0.3 is 0 Å². The van der Waals surface area contributed by atoms with Crippen molar-refractivity contribution < 1.29 is 14.0 Å². The minimum atomic E-state index is -0.197. The van der Waals surface area contributed by atoms with Crippen molar-refractivity contribution in [2.24, 2.45) is 0 Å². The second-order valence-corrected chi connectivity index (χ2v) is 7.21. The monoisotopic (exact) mass is 413 g/mol. The van der Waals surface area contributed by atoms with Crippen molar-refractivity contribution in [1.82, 2.24) is 4.90 Å². The number of ketones is 1. The fourth-order valence-electron chi connectivity index (χ4n) is 2.79. The zero-order valence-corrected chi connectivity index (χ0v) is 16.3. The number of nitrogens with zero attached hydrogens (tertiary/aromatic N) is 1. The van der Waals surface area contributed by atoms with Crippen LogP contribution in [0.15, 0.2) is 63.5 Å². The lowest BCUT2D eigenvalue weighted by Gasteiger charge is -2.23. The van der Waals surface area contributed by atoms with Gasteiger partial charge in [0, 0.05) is 35.3 Å². The normalized spacial score (nSPS) is 12.1. The Morgan fingerprint density at radius 3 is 2.46 bits per heavy atom. The van der Waals surface area contributed by atoms with Crippen LogP contribution in [0, 0.1) is 0 Å². The maximum absolute atomic E-state index is 12.5. The summed E-state index contributed by atoms with van der Waals surface area (Å²) >= 11 is 3.35. The molecule has 3 aromatic rings. The number of amides is 1. The van der Waals surface area contributed by atoms with Gasteiger partial charge in [-0.2, -0.15) is 0 Å². The van der Waals surface area contributed by atoms with Crippen LogP contribution in [0.2, 0.25) is 0 Å². The smallest absolute Gasteiger partial charge is 0.223 e. The highest BCUT2D eigenvalue weighted by atomic mass is 79.9. The summed E-state index contributed by atoms with van der Waals surface area (Å²) in [6.45, 7) is 1.92. The molecule has 0 bridgehead atoms. The Morgan fingerprint density at radius 1 is 1.08 bits per heavy atom. The maximum atomic E-state index is 12.5. The predicted molar refractivity (Wildman–Crippen MR) is 105 cm³/mol. The molecule has 1 atom stereocenters. The summed E-state index contributed by atoms with van der Waals surface area (Å²) in [7, 11) is 1.74. The number of rotatable bonds is 6. The molecule has 3 rings (SSSR count). The number of furan rings is 1. The van der Waals surface area contributed by atoms with Gasteiger partial charge in [0.2, 0.25) is 5.91 Å². The van der Waals surface area contributed by atoms with Gasteiger partial charge in [0.25, 0.3) is 0 Å². The highest BCUT2D eigenvalue weighted by Gasteiger charge is 2.21. The van der Waals surface area contributed by atoms with Crippen molar-refractivity contribution in [3.05, 3.63) is 70.4 Å². The van der Waals surface area contributed by atoms with Crippen LogP contribution in [0.3, 0.4) is 0 Å². The maximum Gasteiger partial charge on any atom is 0.223 e. The summed E-state index contributed by atoms with van der Waals surface area (Å²) in [5.41, 5.74) is 1.43. The third-order valence-electron chi connectivity index (χ3n) is 4.56. The van der Waals surface area contributed by atoms with E-state index in [-0.39, 0.29) is 30.6 Å². The van der Waals surface area contributed by atoms with Crippen LogP contribution in [-0.2, 0) is 4.79 Å². The number of benzene rings is 2. The molecule has 0 aliphatic rings. The minimum Gasteiger partial charge on any atom is -0.459 e. The minimum absolute atomic E-state index is 0.0318. The fraction of sp³-hybridized carbons (Fsp3) is 0.238. The number of fused-ring (bicyclic) bond motifs is 1. The van der Waals surface area contributed by atoms with Crippen LogP contribution in [0.5, 0.6) is 0 Å². The number of carbonyl (C=O) groups excluding carboxylic acids is 2. The molecular formula is C21H20BrNO3. The van der Waals surface area contributed by atoms with Crippen LogP contribution in [-0.4, -0.2) is 23.6 Å².